The highest BCUT2D eigenvalue weighted by Gasteiger charge is 2.29. The van der Waals surface area contributed by atoms with Crippen molar-refractivity contribution in [1.82, 2.24) is 9.62 Å². The van der Waals surface area contributed by atoms with Gasteiger partial charge in [0.05, 0.1) is 23.7 Å². The third-order valence-corrected chi connectivity index (χ3v) is 5.56. The van der Waals surface area contributed by atoms with Crippen LogP contribution in [0.1, 0.15) is 23.7 Å². The molecule has 1 heterocycles. The molecule has 1 aliphatic heterocycles. The van der Waals surface area contributed by atoms with E-state index in [9.17, 15) is 13.2 Å². The van der Waals surface area contributed by atoms with E-state index < -0.39 is 15.9 Å². The second-order valence-electron chi connectivity index (χ2n) is 5.53. The standard InChI is InChI=1S/C15H23N3O4S.ClH/c1-12(16)6-7-17-15(19)13-4-2-3-5-14(13)23(20,21)18-8-10-22-11-9-18;/h2-5,12H,6-11,16H2,1H3,(H,17,19);1H. The third kappa shape index (κ3) is 5.15. The number of rotatable bonds is 6. The van der Waals surface area contributed by atoms with Crippen molar-refractivity contribution in [3.8, 4) is 0 Å². The quantitative estimate of drug-likeness (QED) is 0.755. The summed E-state index contributed by atoms with van der Waals surface area (Å²) >= 11 is 0. The van der Waals surface area contributed by atoms with E-state index in [1.165, 1.54) is 16.4 Å². The number of nitrogens with zero attached hydrogens (tertiary/aromatic N) is 1. The average Bonchev–Trinajstić information content (AvgIpc) is 2.55. The number of carbonyl (C=O) groups excluding carboxylic acids is 1. The minimum absolute atomic E-state index is 0. The van der Waals surface area contributed by atoms with Crippen molar-refractivity contribution < 1.29 is 17.9 Å². The Labute approximate surface area is 149 Å². The highest BCUT2D eigenvalue weighted by atomic mass is 35.5. The van der Waals surface area contributed by atoms with Gasteiger partial charge in [0, 0.05) is 25.7 Å². The highest BCUT2D eigenvalue weighted by molar-refractivity contribution is 7.89. The molecule has 3 N–H and O–H groups in total. The van der Waals surface area contributed by atoms with Gasteiger partial charge in [-0.3, -0.25) is 4.79 Å². The number of ether oxygens (including phenoxy) is 1. The van der Waals surface area contributed by atoms with Crippen LogP contribution >= 0.6 is 12.4 Å². The minimum Gasteiger partial charge on any atom is -0.379 e. The monoisotopic (exact) mass is 377 g/mol. The largest absolute Gasteiger partial charge is 0.379 e. The zero-order valence-corrected chi connectivity index (χ0v) is 15.2. The molecule has 24 heavy (non-hydrogen) atoms. The predicted octanol–water partition coefficient (Wildman–Crippen LogP) is 0.596. The first-order valence-corrected chi connectivity index (χ1v) is 9.07. The number of hydrogen-bond donors (Lipinski definition) is 2. The summed E-state index contributed by atoms with van der Waals surface area (Å²) < 4.78 is 32.1. The lowest BCUT2D eigenvalue weighted by molar-refractivity contribution is 0.0730. The Morgan fingerprint density at radius 3 is 2.58 bits per heavy atom. The summed E-state index contributed by atoms with van der Waals surface area (Å²) in [5.41, 5.74) is 5.80. The molecular formula is C15H24ClN3O4S. The van der Waals surface area contributed by atoms with Crippen LogP contribution in [-0.4, -0.2) is 57.5 Å². The number of nitrogens with two attached hydrogens (primary N) is 1. The first-order chi connectivity index (χ1) is 10.9. The Morgan fingerprint density at radius 1 is 1.33 bits per heavy atom. The first kappa shape index (κ1) is 20.9. The van der Waals surface area contributed by atoms with E-state index in [4.69, 9.17) is 10.5 Å². The third-order valence-electron chi connectivity index (χ3n) is 3.60. The molecule has 0 bridgehead atoms. The van der Waals surface area contributed by atoms with Crippen molar-refractivity contribution in [2.45, 2.75) is 24.3 Å². The van der Waals surface area contributed by atoms with Crippen molar-refractivity contribution in [1.29, 1.82) is 0 Å². The molecule has 1 aliphatic rings. The van der Waals surface area contributed by atoms with Gasteiger partial charge in [0.2, 0.25) is 10.0 Å². The molecule has 1 aromatic rings. The molecule has 9 heteroatoms. The maximum atomic E-state index is 12.8. The van der Waals surface area contributed by atoms with Crippen LogP contribution in [0.4, 0.5) is 0 Å². The van der Waals surface area contributed by atoms with Crippen LogP contribution in [-0.2, 0) is 14.8 Å². The second-order valence-corrected chi connectivity index (χ2v) is 7.44. The number of carbonyl (C=O) groups is 1. The molecule has 136 valence electrons. The van der Waals surface area contributed by atoms with Gasteiger partial charge < -0.3 is 15.8 Å². The van der Waals surface area contributed by atoms with E-state index in [0.29, 0.717) is 39.3 Å². The summed E-state index contributed by atoms with van der Waals surface area (Å²) in [6.45, 7) is 3.57. The first-order valence-electron chi connectivity index (χ1n) is 7.63. The van der Waals surface area contributed by atoms with Crippen LogP contribution in [0.25, 0.3) is 0 Å². The Morgan fingerprint density at radius 2 is 1.96 bits per heavy atom. The zero-order chi connectivity index (χ0) is 16.9. The minimum atomic E-state index is -3.71. The van der Waals surface area contributed by atoms with E-state index in [-0.39, 0.29) is 28.9 Å². The lowest BCUT2D eigenvalue weighted by Gasteiger charge is -2.26. The summed E-state index contributed by atoms with van der Waals surface area (Å²) in [4.78, 5) is 12.3. The Hall–Kier alpha value is -1.19. The Kier molecular flexibility index (Phi) is 8.11. The van der Waals surface area contributed by atoms with Crippen LogP contribution < -0.4 is 11.1 Å². The van der Waals surface area contributed by atoms with Gasteiger partial charge in [-0.25, -0.2) is 8.42 Å². The number of nitrogens with one attached hydrogen (secondary N) is 1. The lowest BCUT2D eigenvalue weighted by Crippen LogP contribution is -2.41. The second kappa shape index (κ2) is 9.33. The molecule has 0 spiro atoms. The van der Waals surface area contributed by atoms with Gasteiger partial charge in [0.1, 0.15) is 0 Å². The SMILES string of the molecule is CC(N)CCNC(=O)c1ccccc1S(=O)(=O)N1CCOCC1.Cl. The van der Waals surface area contributed by atoms with Gasteiger partial charge >= 0.3 is 0 Å². The molecule has 1 aromatic carbocycles. The average molecular weight is 378 g/mol. The fraction of sp³-hybridized carbons (Fsp3) is 0.533. The molecule has 1 saturated heterocycles. The molecule has 1 amide bonds. The van der Waals surface area contributed by atoms with E-state index in [0.717, 1.165) is 0 Å². The number of benzene rings is 1. The summed E-state index contributed by atoms with van der Waals surface area (Å²) in [7, 11) is -3.71. The number of amides is 1. The van der Waals surface area contributed by atoms with E-state index >= 15 is 0 Å². The van der Waals surface area contributed by atoms with E-state index in [1.807, 2.05) is 6.92 Å². The van der Waals surface area contributed by atoms with Gasteiger partial charge in [-0.05, 0) is 25.5 Å². The number of hydrogen-bond acceptors (Lipinski definition) is 5. The molecule has 1 atom stereocenters. The van der Waals surface area contributed by atoms with Crippen LogP contribution in [0.5, 0.6) is 0 Å². The van der Waals surface area contributed by atoms with Crippen LogP contribution in [0, 0.1) is 0 Å². The Bertz CT molecular complexity index is 646. The molecule has 1 unspecified atom stereocenters. The number of sulfonamides is 1. The maximum absolute atomic E-state index is 12.8. The molecule has 2 rings (SSSR count). The van der Waals surface area contributed by atoms with Crippen LogP contribution in [0.2, 0.25) is 0 Å². The van der Waals surface area contributed by atoms with Gasteiger partial charge in [0.25, 0.3) is 5.91 Å². The van der Waals surface area contributed by atoms with Crippen molar-refractivity contribution >= 4 is 28.3 Å². The molecule has 0 aromatic heterocycles. The van der Waals surface area contributed by atoms with Gasteiger partial charge in [-0.1, -0.05) is 12.1 Å². The number of morpholine rings is 1. The van der Waals surface area contributed by atoms with Crippen molar-refractivity contribution in [3.63, 3.8) is 0 Å². The van der Waals surface area contributed by atoms with E-state index in [2.05, 4.69) is 5.32 Å². The summed E-state index contributed by atoms with van der Waals surface area (Å²) in [6, 6.07) is 6.23. The molecular weight excluding hydrogens is 354 g/mol. The summed E-state index contributed by atoms with van der Waals surface area (Å²) in [5.74, 6) is -0.405. The molecule has 7 nitrogen and oxygen atoms in total. The Balaban J connectivity index is 0.00000288. The van der Waals surface area contributed by atoms with Crippen LogP contribution in [0.15, 0.2) is 29.2 Å². The van der Waals surface area contributed by atoms with Gasteiger partial charge in [-0.2, -0.15) is 4.31 Å². The van der Waals surface area contributed by atoms with E-state index in [1.54, 1.807) is 12.1 Å². The lowest BCUT2D eigenvalue weighted by atomic mass is 10.2. The summed E-state index contributed by atoms with van der Waals surface area (Å²) in [6.07, 6.45) is 0.629. The van der Waals surface area contributed by atoms with Crippen molar-refractivity contribution in [3.05, 3.63) is 29.8 Å². The van der Waals surface area contributed by atoms with Crippen LogP contribution in [0.3, 0.4) is 0 Å². The van der Waals surface area contributed by atoms with Crippen molar-refractivity contribution in [2.24, 2.45) is 5.73 Å². The molecule has 0 aliphatic carbocycles. The zero-order valence-electron chi connectivity index (χ0n) is 13.6. The summed E-state index contributed by atoms with van der Waals surface area (Å²) in [5, 5.41) is 2.72. The molecule has 0 radical (unpaired) electrons. The smallest absolute Gasteiger partial charge is 0.252 e. The van der Waals surface area contributed by atoms with Gasteiger partial charge in [0.15, 0.2) is 0 Å². The highest BCUT2D eigenvalue weighted by Crippen LogP contribution is 2.21. The number of halogens is 1. The normalized spacial score (nSPS) is 16.9. The maximum Gasteiger partial charge on any atom is 0.252 e. The molecule has 0 saturated carbocycles. The fourth-order valence-electron chi connectivity index (χ4n) is 2.31. The van der Waals surface area contributed by atoms with Crippen molar-refractivity contribution in [2.75, 3.05) is 32.8 Å². The topological polar surface area (TPSA) is 102 Å². The predicted molar refractivity (Wildman–Crippen MR) is 93.9 cm³/mol. The molecule has 1 fully saturated rings. The fourth-order valence-corrected chi connectivity index (χ4v) is 3.91. The van der Waals surface area contributed by atoms with Gasteiger partial charge in [-0.15, -0.1) is 12.4 Å².